The molecule has 0 bridgehead atoms. The van der Waals surface area contributed by atoms with Crippen LogP contribution < -0.4 is 5.32 Å². The summed E-state index contributed by atoms with van der Waals surface area (Å²) in [6, 6.07) is 5.05. The molecule has 0 radical (unpaired) electrons. The van der Waals surface area contributed by atoms with Gasteiger partial charge in [0.05, 0.1) is 0 Å². The van der Waals surface area contributed by atoms with Crippen LogP contribution in [0, 0.1) is 11.7 Å². The Morgan fingerprint density at radius 2 is 1.86 bits per heavy atom. The van der Waals surface area contributed by atoms with Crippen LogP contribution in [0.5, 0.6) is 0 Å². The molecule has 1 heterocycles. The molecule has 1 saturated heterocycles. The lowest BCUT2D eigenvalue weighted by molar-refractivity contribution is 0.151. The maximum Gasteiger partial charge on any atom is 0.129 e. The van der Waals surface area contributed by atoms with Gasteiger partial charge in [-0.1, -0.05) is 31.5 Å². The Morgan fingerprint density at radius 1 is 1.24 bits per heavy atom. The van der Waals surface area contributed by atoms with Gasteiger partial charge in [-0.3, -0.25) is 4.90 Å². The summed E-state index contributed by atoms with van der Waals surface area (Å²) < 4.78 is 14.2. The molecule has 1 atom stereocenters. The van der Waals surface area contributed by atoms with Crippen molar-refractivity contribution < 1.29 is 4.39 Å². The zero-order valence-corrected chi connectivity index (χ0v) is 14.8. The highest BCUT2D eigenvalue weighted by Crippen LogP contribution is 2.34. The van der Waals surface area contributed by atoms with Crippen molar-refractivity contribution in [3.05, 3.63) is 34.6 Å². The fraction of sp³-hybridized carbons (Fsp3) is 0.600. The maximum atomic E-state index is 14.2. The molecule has 0 aromatic heterocycles. The summed E-state index contributed by atoms with van der Waals surface area (Å²) in [4.78, 5) is 2.35. The van der Waals surface area contributed by atoms with E-state index in [0.29, 0.717) is 16.5 Å². The third-order valence-corrected chi connectivity index (χ3v) is 3.95. The van der Waals surface area contributed by atoms with E-state index < -0.39 is 0 Å². The molecule has 1 fully saturated rings. The smallest absolute Gasteiger partial charge is 0.129 e. The minimum atomic E-state index is -0.184. The van der Waals surface area contributed by atoms with Gasteiger partial charge in [-0.25, -0.2) is 4.39 Å². The molecule has 0 aliphatic carbocycles. The molecule has 0 amide bonds. The zero-order valence-electron chi connectivity index (χ0n) is 12.4. The van der Waals surface area contributed by atoms with Crippen LogP contribution in [0.1, 0.15) is 31.9 Å². The van der Waals surface area contributed by atoms with E-state index in [-0.39, 0.29) is 36.7 Å². The quantitative estimate of drug-likeness (QED) is 0.863. The lowest BCUT2D eigenvalue weighted by Crippen LogP contribution is -2.45. The van der Waals surface area contributed by atoms with Crippen LogP contribution in [0.3, 0.4) is 0 Å². The van der Waals surface area contributed by atoms with Gasteiger partial charge in [0.2, 0.25) is 0 Å². The highest BCUT2D eigenvalue weighted by atomic mass is 35.5. The van der Waals surface area contributed by atoms with Crippen LogP contribution in [0.15, 0.2) is 18.2 Å². The monoisotopic (exact) mass is 356 g/mol. The first-order valence-electron chi connectivity index (χ1n) is 6.98. The Balaban J connectivity index is 0.00000200. The van der Waals surface area contributed by atoms with Gasteiger partial charge in [0.15, 0.2) is 0 Å². The van der Waals surface area contributed by atoms with Crippen LogP contribution in [0.25, 0.3) is 0 Å². The Kier molecular flexibility index (Phi) is 9.83. The number of nitrogens with zero attached hydrogens (tertiary/aromatic N) is 1. The van der Waals surface area contributed by atoms with Gasteiger partial charge < -0.3 is 5.32 Å². The number of rotatable bonds is 4. The second kappa shape index (κ2) is 9.86. The number of hydrogen-bond donors (Lipinski definition) is 1. The predicted octanol–water partition coefficient (Wildman–Crippen LogP) is 4.32. The molecular weight excluding hydrogens is 334 g/mol. The van der Waals surface area contributed by atoms with Crippen molar-refractivity contribution in [1.29, 1.82) is 0 Å². The molecular formula is C15H24Cl3FN2. The van der Waals surface area contributed by atoms with Crippen molar-refractivity contribution in [2.45, 2.75) is 26.3 Å². The summed E-state index contributed by atoms with van der Waals surface area (Å²) in [5, 5.41) is 3.88. The van der Waals surface area contributed by atoms with Crippen LogP contribution in [-0.2, 0) is 0 Å². The highest BCUT2D eigenvalue weighted by molar-refractivity contribution is 6.31. The normalized spacial score (nSPS) is 17.0. The molecule has 1 aromatic rings. The Morgan fingerprint density at radius 3 is 2.38 bits per heavy atom. The molecule has 0 saturated carbocycles. The van der Waals surface area contributed by atoms with E-state index in [1.165, 1.54) is 6.07 Å². The van der Waals surface area contributed by atoms with Gasteiger partial charge in [0.1, 0.15) is 5.82 Å². The van der Waals surface area contributed by atoms with Crippen LogP contribution in [0.2, 0.25) is 5.02 Å². The molecule has 1 N–H and O–H groups in total. The minimum absolute atomic E-state index is 0. The van der Waals surface area contributed by atoms with Crippen molar-refractivity contribution in [3.63, 3.8) is 0 Å². The van der Waals surface area contributed by atoms with Crippen LogP contribution in [-0.4, -0.2) is 31.1 Å². The summed E-state index contributed by atoms with van der Waals surface area (Å²) in [5.41, 5.74) is 0.666. The minimum Gasteiger partial charge on any atom is -0.314 e. The van der Waals surface area contributed by atoms with Gasteiger partial charge in [0.25, 0.3) is 0 Å². The van der Waals surface area contributed by atoms with Crippen molar-refractivity contribution in [1.82, 2.24) is 10.2 Å². The SMILES string of the molecule is CC(C)C[C@H](c1c(F)cccc1Cl)N1CCNCC1.Cl.Cl. The number of nitrogens with one attached hydrogen (secondary N) is 1. The predicted molar refractivity (Wildman–Crippen MR) is 92.5 cm³/mol. The lowest BCUT2D eigenvalue weighted by Gasteiger charge is -2.36. The van der Waals surface area contributed by atoms with Crippen molar-refractivity contribution in [2.75, 3.05) is 26.2 Å². The number of benzene rings is 1. The van der Waals surface area contributed by atoms with E-state index in [0.717, 1.165) is 32.6 Å². The molecule has 2 rings (SSSR count). The van der Waals surface area contributed by atoms with E-state index in [1.54, 1.807) is 12.1 Å². The Hall–Kier alpha value is -0.0600. The molecule has 1 aliphatic rings. The second-order valence-corrected chi connectivity index (χ2v) is 5.97. The summed E-state index contributed by atoms with van der Waals surface area (Å²) in [6.07, 6.45) is 0.931. The van der Waals surface area contributed by atoms with Crippen molar-refractivity contribution in [3.8, 4) is 0 Å². The van der Waals surface area contributed by atoms with Gasteiger partial charge in [0, 0.05) is 42.8 Å². The highest BCUT2D eigenvalue weighted by Gasteiger charge is 2.27. The third-order valence-electron chi connectivity index (χ3n) is 3.62. The average molecular weight is 358 g/mol. The van der Waals surface area contributed by atoms with Gasteiger partial charge in [-0.2, -0.15) is 0 Å². The van der Waals surface area contributed by atoms with Crippen LogP contribution in [0.4, 0.5) is 4.39 Å². The molecule has 2 nitrogen and oxygen atoms in total. The van der Waals surface area contributed by atoms with Crippen LogP contribution >= 0.6 is 36.4 Å². The van der Waals surface area contributed by atoms with Gasteiger partial charge >= 0.3 is 0 Å². The first kappa shape index (κ1) is 20.9. The van der Waals surface area contributed by atoms with Gasteiger partial charge in [-0.15, -0.1) is 24.8 Å². The summed E-state index contributed by atoms with van der Waals surface area (Å²) in [5.74, 6) is 0.326. The van der Waals surface area contributed by atoms with E-state index >= 15 is 0 Å². The largest absolute Gasteiger partial charge is 0.314 e. The zero-order chi connectivity index (χ0) is 13.8. The maximum absolute atomic E-state index is 14.2. The standard InChI is InChI=1S/C15H22ClFN2.2ClH/c1-11(2)10-14(19-8-6-18-7-9-19)15-12(16)4-3-5-13(15)17;;/h3-5,11,14,18H,6-10H2,1-2H3;2*1H/t14-;;/m1../s1. The second-order valence-electron chi connectivity index (χ2n) is 5.57. The van der Waals surface area contributed by atoms with Crippen molar-refractivity contribution in [2.24, 2.45) is 5.92 Å². The van der Waals surface area contributed by atoms with Gasteiger partial charge in [-0.05, 0) is 24.5 Å². The molecule has 1 aliphatic heterocycles. The molecule has 0 unspecified atom stereocenters. The van der Waals surface area contributed by atoms with Crippen molar-refractivity contribution >= 4 is 36.4 Å². The first-order valence-corrected chi connectivity index (χ1v) is 7.36. The number of halogens is 4. The van der Waals surface area contributed by atoms with E-state index in [9.17, 15) is 4.39 Å². The molecule has 0 spiro atoms. The lowest BCUT2D eigenvalue weighted by atomic mass is 9.94. The van der Waals surface area contributed by atoms with E-state index in [1.807, 2.05) is 0 Å². The number of piperazine rings is 1. The Labute approximate surface area is 144 Å². The Bertz CT molecular complexity index is 403. The molecule has 6 heteroatoms. The molecule has 21 heavy (non-hydrogen) atoms. The fourth-order valence-electron chi connectivity index (χ4n) is 2.72. The fourth-order valence-corrected chi connectivity index (χ4v) is 3.01. The van der Waals surface area contributed by atoms with E-state index in [4.69, 9.17) is 11.6 Å². The summed E-state index contributed by atoms with van der Waals surface area (Å²) in [6.45, 7) is 8.15. The molecule has 1 aromatic carbocycles. The summed E-state index contributed by atoms with van der Waals surface area (Å²) >= 11 is 6.24. The molecule has 122 valence electrons. The number of hydrogen-bond acceptors (Lipinski definition) is 2. The first-order chi connectivity index (χ1) is 9.09. The summed E-state index contributed by atoms with van der Waals surface area (Å²) in [7, 11) is 0. The third kappa shape index (κ3) is 5.57. The average Bonchev–Trinajstić information content (AvgIpc) is 2.38. The van der Waals surface area contributed by atoms with E-state index in [2.05, 4.69) is 24.1 Å². The topological polar surface area (TPSA) is 15.3 Å².